The van der Waals surface area contributed by atoms with E-state index in [2.05, 4.69) is 26.0 Å². The smallest absolute Gasteiger partial charge is 0.491 e. The van der Waals surface area contributed by atoms with E-state index in [1.807, 2.05) is 0 Å². The summed E-state index contributed by atoms with van der Waals surface area (Å²) < 4.78 is 119. The van der Waals surface area contributed by atoms with E-state index in [0.29, 0.717) is 25.0 Å². The first-order valence-electron chi connectivity index (χ1n) is 14.0. The van der Waals surface area contributed by atoms with Crippen molar-refractivity contribution in [1.82, 2.24) is 9.97 Å². The molecule has 1 aliphatic rings. The summed E-state index contributed by atoms with van der Waals surface area (Å²) in [5, 5.41) is 32.4. The number of carbonyl (C=O) groups is 1. The molecule has 0 radical (unpaired) electrons. The quantitative estimate of drug-likeness (QED) is 0.0700. The van der Waals surface area contributed by atoms with Gasteiger partial charge in [-0.1, -0.05) is 12.6 Å². The predicted molar refractivity (Wildman–Crippen MR) is 156 cm³/mol. The number of phenols is 1. The summed E-state index contributed by atoms with van der Waals surface area (Å²) in [5.41, 5.74) is -6.01. The average molecular weight is 703 g/mol. The van der Waals surface area contributed by atoms with Crippen LogP contribution in [0, 0.1) is 21.7 Å². The molecule has 0 aliphatic carbocycles. The van der Waals surface area contributed by atoms with Crippen molar-refractivity contribution in [3.8, 4) is 22.9 Å². The Morgan fingerprint density at radius 1 is 1.14 bits per heavy atom. The summed E-state index contributed by atoms with van der Waals surface area (Å²) >= 11 is 0. The molecule has 4 aromatic rings. The summed E-state index contributed by atoms with van der Waals surface area (Å²) in [7, 11) is 0. The number of aliphatic hydroxyl groups is 1. The highest BCUT2D eigenvalue weighted by molar-refractivity contribution is 6.08. The van der Waals surface area contributed by atoms with Crippen LogP contribution < -0.4 is 9.64 Å². The third-order valence-corrected chi connectivity index (χ3v) is 7.45. The van der Waals surface area contributed by atoms with Crippen molar-refractivity contribution in [3.63, 3.8) is 0 Å². The first-order valence-corrected chi connectivity index (χ1v) is 14.0. The van der Waals surface area contributed by atoms with Gasteiger partial charge in [-0.25, -0.2) is 13.6 Å². The zero-order valence-corrected chi connectivity index (χ0v) is 24.9. The fraction of sp³-hybridized carbons (Fsp3) is 0.300. The summed E-state index contributed by atoms with van der Waals surface area (Å²) in [6.45, 7) is 2.64. The molecule has 1 saturated heterocycles. The number of rotatable bonds is 7. The number of hydrogen-bond donors (Lipinski definition) is 2. The second kappa shape index (κ2) is 12.3. The van der Waals surface area contributed by atoms with Gasteiger partial charge >= 0.3 is 24.3 Å². The normalized spacial score (nSPS) is 17.0. The molecule has 19 heteroatoms. The van der Waals surface area contributed by atoms with Crippen molar-refractivity contribution < 1.29 is 64.5 Å². The van der Waals surface area contributed by atoms with E-state index < -0.39 is 103 Å². The van der Waals surface area contributed by atoms with Gasteiger partial charge in [-0.2, -0.15) is 36.3 Å². The van der Waals surface area contributed by atoms with E-state index >= 15 is 8.78 Å². The Balaban J connectivity index is 1.85. The zero-order valence-electron chi connectivity index (χ0n) is 24.9. The number of carbonyl (C=O) groups excluding carboxylic acids is 1. The lowest BCUT2D eigenvalue weighted by atomic mass is 9.91. The number of nitrogens with zero attached hydrogens (tertiary/aromatic N) is 4. The largest absolute Gasteiger partial charge is 0.508 e. The van der Waals surface area contributed by atoms with Crippen molar-refractivity contribution in [1.29, 1.82) is 0 Å². The number of fused-ring (bicyclic) bond motifs is 2. The lowest BCUT2D eigenvalue weighted by Crippen LogP contribution is -2.46. The minimum Gasteiger partial charge on any atom is -0.508 e. The number of β-amino-alcohol motifs (C(OH)–C–C–N with tert-alkyl or cyclic N) is 1. The third kappa shape index (κ3) is 7.10. The molecule has 49 heavy (non-hydrogen) atoms. The van der Waals surface area contributed by atoms with Gasteiger partial charge < -0.3 is 24.6 Å². The second-order valence-corrected chi connectivity index (χ2v) is 11.3. The molecule has 1 unspecified atom stereocenters. The third-order valence-electron chi connectivity index (χ3n) is 7.45. The Hall–Kier alpha value is -5.33. The van der Waals surface area contributed by atoms with Gasteiger partial charge in [-0.3, -0.25) is 10.1 Å². The molecule has 5 rings (SSSR count). The van der Waals surface area contributed by atoms with Gasteiger partial charge in [-0.05, 0) is 43.4 Å². The predicted octanol–water partition coefficient (Wildman–Crippen LogP) is 6.71. The molecule has 1 atom stereocenters. The van der Waals surface area contributed by atoms with Crippen LogP contribution in [0.4, 0.5) is 46.6 Å². The number of aromatic hydroxyl groups is 1. The van der Waals surface area contributed by atoms with Crippen LogP contribution in [0.25, 0.3) is 38.6 Å². The van der Waals surface area contributed by atoms with Crippen LogP contribution in [0.2, 0.25) is 0 Å². The monoisotopic (exact) mass is 702 g/mol. The molecule has 1 fully saturated rings. The van der Waals surface area contributed by atoms with Crippen LogP contribution in [-0.2, 0) is 9.53 Å². The molecule has 260 valence electrons. The number of alkyl halides is 6. The molecule has 0 amide bonds. The maximum Gasteiger partial charge on any atom is 0.491 e. The van der Waals surface area contributed by atoms with Crippen LogP contribution in [0.5, 0.6) is 11.8 Å². The van der Waals surface area contributed by atoms with Crippen molar-refractivity contribution in [2.24, 2.45) is 0 Å². The van der Waals surface area contributed by atoms with Crippen molar-refractivity contribution in [3.05, 3.63) is 64.2 Å². The number of ether oxygens (including phenoxy) is 2. The molecule has 2 N–H and O–H groups in total. The van der Waals surface area contributed by atoms with Crippen molar-refractivity contribution in [2.45, 2.75) is 37.7 Å². The fourth-order valence-electron chi connectivity index (χ4n) is 5.55. The van der Waals surface area contributed by atoms with E-state index in [1.54, 1.807) is 0 Å². The number of phenolic OH excluding ortho intramolecular Hbond substituents is 1. The zero-order chi connectivity index (χ0) is 36.2. The SMILES string of the molecule is C=C(OC(=O)C(F)(F)F)c1c(F)ccc2cc(O)cc(-c3c([N+](=O)[O-])cc4c(N5CCCC(C)(O)C5)nc(OCC(F)(F)F)nc4c3F)c12. The molecule has 0 spiro atoms. The fourth-order valence-corrected chi connectivity index (χ4v) is 5.55. The number of aromatic nitrogens is 2. The molecule has 0 saturated carbocycles. The molecule has 0 bridgehead atoms. The van der Waals surface area contributed by atoms with Crippen LogP contribution in [-0.4, -0.2) is 68.7 Å². The molecule has 1 aliphatic heterocycles. The Morgan fingerprint density at radius 2 is 1.84 bits per heavy atom. The highest BCUT2D eigenvalue weighted by atomic mass is 19.4. The number of anilines is 1. The molecular weight excluding hydrogens is 680 g/mol. The van der Waals surface area contributed by atoms with Crippen molar-refractivity contribution >= 4 is 44.9 Å². The van der Waals surface area contributed by atoms with E-state index in [4.69, 9.17) is 0 Å². The van der Waals surface area contributed by atoms with Crippen LogP contribution in [0.15, 0.2) is 36.9 Å². The number of esters is 1. The average Bonchev–Trinajstić information content (AvgIpc) is 2.98. The highest BCUT2D eigenvalue weighted by Crippen LogP contribution is 2.46. The molecule has 2 heterocycles. The van der Waals surface area contributed by atoms with Crippen LogP contribution >= 0.6 is 0 Å². The molecular formula is C30H22F8N4O7. The number of benzene rings is 3. The number of piperidine rings is 1. The van der Waals surface area contributed by atoms with Crippen molar-refractivity contribution in [2.75, 3.05) is 24.6 Å². The minimum absolute atomic E-state index is 0.122. The summed E-state index contributed by atoms with van der Waals surface area (Å²) in [6, 6.07) is 3.06. The number of nitro benzene ring substituents is 1. The lowest BCUT2D eigenvalue weighted by molar-refractivity contribution is -0.384. The van der Waals surface area contributed by atoms with Crippen LogP contribution in [0.3, 0.4) is 0 Å². The second-order valence-electron chi connectivity index (χ2n) is 11.3. The van der Waals surface area contributed by atoms with E-state index in [-0.39, 0.29) is 24.3 Å². The summed E-state index contributed by atoms with van der Waals surface area (Å²) in [4.78, 5) is 32.0. The number of nitro groups is 1. The maximum absolute atomic E-state index is 16.8. The van der Waals surface area contributed by atoms with Gasteiger partial charge in [0.25, 0.3) is 5.69 Å². The first kappa shape index (κ1) is 35.0. The maximum atomic E-state index is 16.8. The van der Waals surface area contributed by atoms with Gasteiger partial charge in [0.15, 0.2) is 12.4 Å². The summed E-state index contributed by atoms with van der Waals surface area (Å²) in [5.74, 6) is -8.05. The van der Waals surface area contributed by atoms with E-state index in [0.717, 1.165) is 18.2 Å². The lowest BCUT2D eigenvalue weighted by Gasteiger charge is -2.38. The van der Waals surface area contributed by atoms with Gasteiger partial charge in [-0.15, -0.1) is 0 Å². The Morgan fingerprint density at radius 3 is 2.45 bits per heavy atom. The summed E-state index contributed by atoms with van der Waals surface area (Å²) in [6.07, 6.45) is -9.83. The molecule has 1 aromatic heterocycles. The Kier molecular flexibility index (Phi) is 8.77. The first-order chi connectivity index (χ1) is 22.7. The highest BCUT2D eigenvalue weighted by Gasteiger charge is 2.42. The van der Waals surface area contributed by atoms with Gasteiger partial charge in [0, 0.05) is 30.1 Å². The number of halogens is 8. The molecule has 3 aromatic carbocycles. The van der Waals surface area contributed by atoms with Gasteiger partial charge in [0.05, 0.1) is 27.0 Å². The minimum atomic E-state index is -5.56. The number of hydrogen-bond acceptors (Lipinski definition) is 10. The Labute approximate surface area is 269 Å². The van der Waals surface area contributed by atoms with Gasteiger partial charge in [0.2, 0.25) is 0 Å². The Bertz CT molecular complexity index is 2030. The molecule has 11 nitrogen and oxygen atoms in total. The standard InChI is InChI=1S/C30H22F8N4O7/c1-13(49-26(44)30(36,37)38)20-18(31)5-4-14-8-15(43)9-16(21(14)20)22-19(42(46)47)10-17-24(23(22)32)39-27(48-12-29(33,34)35)40-25(17)41-7-3-6-28(2,45)11-41/h4-5,8-10,43,45H,1,3,6-7,11-12H2,2H3. The van der Waals surface area contributed by atoms with E-state index in [1.165, 1.54) is 11.8 Å². The van der Waals surface area contributed by atoms with Crippen LogP contribution in [0.1, 0.15) is 25.3 Å². The van der Waals surface area contributed by atoms with Gasteiger partial charge in [0.1, 0.15) is 28.7 Å². The topological polar surface area (TPSA) is 148 Å². The van der Waals surface area contributed by atoms with E-state index in [9.17, 15) is 51.5 Å².